The molecule has 0 aliphatic rings. The predicted molar refractivity (Wildman–Crippen MR) is 111 cm³/mol. The Balaban J connectivity index is 1.72. The normalized spacial score (nSPS) is 12.2. The van der Waals surface area contributed by atoms with Gasteiger partial charge in [0.25, 0.3) is 0 Å². The SMILES string of the molecule is CC(C)c1ccccc1NC(=O)[C@@H](C)Sc1nnc(-c2ccc(F)cc2)n1C. The molecule has 0 unspecified atom stereocenters. The minimum absolute atomic E-state index is 0.0931. The molecule has 0 aliphatic carbocycles. The van der Waals surface area contributed by atoms with Gasteiger partial charge < -0.3 is 9.88 Å². The van der Waals surface area contributed by atoms with Crippen molar-refractivity contribution in [1.82, 2.24) is 14.8 Å². The first-order chi connectivity index (χ1) is 13.4. The monoisotopic (exact) mass is 398 g/mol. The summed E-state index contributed by atoms with van der Waals surface area (Å²) in [5.74, 6) is 0.550. The molecule has 1 N–H and O–H groups in total. The summed E-state index contributed by atoms with van der Waals surface area (Å²) in [6, 6.07) is 13.9. The molecule has 28 heavy (non-hydrogen) atoms. The zero-order valence-electron chi connectivity index (χ0n) is 16.3. The number of hydrogen-bond acceptors (Lipinski definition) is 4. The van der Waals surface area contributed by atoms with E-state index in [0.717, 1.165) is 16.8 Å². The van der Waals surface area contributed by atoms with Crippen molar-refractivity contribution in [3.8, 4) is 11.4 Å². The van der Waals surface area contributed by atoms with Crippen LogP contribution in [0.1, 0.15) is 32.3 Å². The fraction of sp³-hybridized carbons (Fsp3) is 0.286. The van der Waals surface area contributed by atoms with Crippen LogP contribution in [0.2, 0.25) is 0 Å². The number of rotatable bonds is 6. The lowest BCUT2D eigenvalue weighted by molar-refractivity contribution is -0.115. The zero-order valence-corrected chi connectivity index (χ0v) is 17.1. The van der Waals surface area contributed by atoms with Gasteiger partial charge in [0.05, 0.1) is 5.25 Å². The predicted octanol–water partition coefficient (Wildman–Crippen LogP) is 4.86. The van der Waals surface area contributed by atoms with Gasteiger partial charge in [0.1, 0.15) is 5.82 Å². The van der Waals surface area contributed by atoms with Crippen LogP contribution in [0.15, 0.2) is 53.7 Å². The molecule has 7 heteroatoms. The first-order valence-electron chi connectivity index (χ1n) is 9.08. The second-order valence-electron chi connectivity index (χ2n) is 6.86. The average Bonchev–Trinajstić information content (AvgIpc) is 3.03. The van der Waals surface area contributed by atoms with Gasteiger partial charge >= 0.3 is 0 Å². The van der Waals surface area contributed by atoms with Gasteiger partial charge in [0, 0.05) is 18.3 Å². The van der Waals surface area contributed by atoms with E-state index in [4.69, 9.17) is 0 Å². The van der Waals surface area contributed by atoms with Gasteiger partial charge in [-0.25, -0.2) is 4.39 Å². The highest BCUT2D eigenvalue weighted by Crippen LogP contribution is 2.28. The third kappa shape index (κ3) is 4.42. The molecule has 0 saturated heterocycles. The molecule has 3 rings (SSSR count). The van der Waals surface area contributed by atoms with E-state index >= 15 is 0 Å². The average molecular weight is 399 g/mol. The molecular weight excluding hydrogens is 375 g/mol. The van der Waals surface area contributed by atoms with Crippen LogP contribution in [0.5, 0.6) is 0 Å². The first-order valence-corrected chi connectivity index (χ1v) is 9.96. The fourth-order valence-corrected chi connectivity index (χ4v) is 3.64. The Labute approximate surface area is 168 Å². The van der Waals surface area contributed by atoms with Gasteiger partial charge in [-0.1, -0.05) is 43.8 Å². The summed E-state index contributed by atoms with van der Waals surface area (Å²) in [7, 11) is 1.83. The van der Waals surface area contributed by atoms with Crippen molar-refractivity contribution in [3.05, 3.63) is 59.9 Å². The Morgan fingerprint density at radius 1 is 1.07 bits per heavy atom. The quantitative estimate of drug-likeness (QED) is 0.602. The molecular formula is C21H23FN4OS. The van der Waals surface area contributed by atoms with Crippen molar-refractivity contribution < 1.29 is 9.18 Å². The van der Waals surface area contributed by atoms with E-state index in [1.807, 2.05) is 42.8 Å². The number of para-hydroxylation sites is 1. The number of carbonyl (C=O) groups is 1. The standard InChI is InChI=1S/C21H23FN4OS/c1-13(2)17-7-5-6-8-18(17)23-20(27)14(3)28-21-25-24-19(26(21)4)15-9-11-16(22)12-10-15/h5-14H,1-4H3,(H,23,27)/t14-/m1/s1. The summed E-state index contributed by atoms with van der Waals surface area (Å²) in [5.41, 5.74) is 2.71. The summed E-state index contributed by atoms with van der Waals surface area (Å²) in [6.07, 6.45) is 0. The van der Waals surface area contributed by atoms with E-state index in [1.54, 1.807) is 12.1 Å². The summed E-state index contributed by atoms with van der Waals surface area (Å²) in [6.45, 7) is 6.03. The molecule has 0 spiro atoms. The summed E-state index contributed by atoms with van der Waals surface area (Å²) in [5, 5.41) is 11.7. The van der Waals surface area contributed by atoms with Crippen molar-refractivity contribution in [2.75, 3.05) is 5.32 Å². The Hall–Kier alpha value is -2.67. The number of hydrogen-bond donors (Lipinski definition) is 1. The molecule has 2 aromatic carbocycles. The lowest BCUT2D eigenvalue weighted by atomic mass is 10.0. The molecule has 0 radical (unpaired) electrons. The Bertz CT molecular complexity index is 969. The van der Waals surface area contributed by atoms with Crippen LogP contribution in [-0.2, 0) is 11.8 Å². The second-order valence-corrected chi connectivity index (χ2v) is 8.17. The molecule has 0 bridgehead atoms. The minimum atomic E-state index is -0.357. The smallest absolute Gasteiger partial charge is 0.237 e. The van der Waals surface area contributed by atoms with E-state index in [1.165, 1.54) is 23.9 Å². The number of anilines is 1. The topological polar surface area (TPSA) is 59.8 Å². The van der Waals surface area contributed by atoms with Crippen LogP contribution < -0.4 is 5.32 Å². The third-order valence-electron chi connectivity index (χ3n) is 4.43. The summed E-state index contributed by atoms with van der Waals surface area (Å²) >= 11 is 1.33. The Morgan fingerprint density at radius 2 is 1.75 bits per heavy atom. The maximum atomic E-state index is 13.1. The van der Waals surface area contributed by atoms with E-state index in [2.05, 4.69) is 29.4 Å². The molecule has 0 aliphatic heterocycles. The number of nitrogens with zero attached hydrogens (tertiary/aromatic N) is 3. The van der Waals surface area contributed by atoms with E-state index in [-0.39, 0.29) is 17.0 Å². The van der Waals surface area contributed by atoms with Gasteiger partial charge in [-0.05, 0) is 48.7 Å². The van der Waals surface area contributed by atoms with Crippen LogP contribution in [0.4, 0.5) is 10.1 Å². The van der Waals surface area contributed by atoms with Crippen molar-refractivity contribution in [2.45, 2.75) is 37.1 Å². The van der Waals surface area contributed by atoms with Crippen LogP contribution >= 0.6 is 11.8 Å². The van der Waals surface area contributed by atoms with Crippen LogP contribution in [0, 0.1) is 5.82 Å². The number of thioether (sulfide) groups is 1. The second kappa shape index (κ2) is 8.56. The number of amides is 1. The van der Waals surface area contributed by atoms with Gasteiger partial charge in [0.15, 0.2) is 11.0 Å². The molecule has 146 valence electrons. The van der Waals surface area contributed by atoms with Crippen molar-refractivity contribution in [1.29, 1.82) is 0 Å². The van der Waals surface area contributed by atoms with Crippen LogP contribution in [-0.4, -0.2) is 25.9 Å². The Morgan fingerprint density at radius 3 is 2.43 bits per heavy atom. The number of benzene rings is 2. The Kier molecular flexibility index (Phi) is 6.14. The number of nitrogens with one attached hydrogen (secondary N) is 1. The lowest BCUT2D eigenvalue weighted by Crippen LogP contribution is -2.23. The van der Waals surface area contributed by atoms with Crippen molar-refractivity contribution in [2.24, 2.45) is 7.05 Å². The van der Waals surface area contributed by atoms with Gasteiger partial charge in [-0.2, -0.15) is 0 Å². The van der Waals surface area contributed by atoms with Crippen LogP contribution in [0.3, 0.4) is 0 Å². The maximum Gasteiger partial charge on any atom is 0.237 e. The number of carbonyl (C=O) groups excluding carboxylic acids is 1. The van der Waals surface area contributed by atoms with Crippen molar-refractivity contribution >= 4 is 23.4 Å². The van der Waals surface area contributed by atoms with Gasteiger partial charge in [-0.3, -0.25) is 4.79 Å². The molecule has 5 nitrogen and oxygen atoms in total. The number of aromatic nitrogens is 3. The molecule has 1 aromatic heterocycles. The maximum absolute atomic E-state index is 13.1. The highest BCUT2D eigenvalue weighted by molar-refractivity contribution is 8.00. The van der Waals surface area contributed by atoms with Gasteiger partial charge in [0.2, 0.25) is 5.91 Å². The fourth-order valence-electron chi connectivity index (χ4n) is 2.83. The van der Waals surface area contributed by atoms with E-state index < -0.39 is 0 Å². The van der Waals surface area contributed by atoms with Crippen molar-refractivity contribution in [3.63, 3.8) is 0 Å². The summed E-state index contributed by atoms with van der Waals surface area (Å²) < 4.78 is 14.9. The zero-order chi connectivity index (χ0) is 20.3. The van der Waals surface area contributed by atoms with Gasteiger partial charge in [-0.15, -0.1) is 10.2 Å². The minimum Gasteiger partial charge on any atom is -0.325 e. The number of halogens is 1. The molecule has 3 aromatic rings. The largest absolute Gasteiger partial charge is 0.325 e. The van der Waals surface area contributed by atoms with Crippen LogP contribution in [0.25, 0.3) is 11.4 Å². The molecule has 1 amide bonds. The molecule has 0 saturated carbocycles. The molecule has 1 heterocycles. The molecule has 1 atom stereocenters. The highest BCUT2D eigenvalue weighted by atomic mass is 32.2. The first kappa shape index (κ1) is 20.1. The lowest BCUT2D eigenvalue weighted by Gasteiger charge is -2.16. The van der Waals surface area contributed by atoms with E-state index in [9.17, 15) is 9.18 Å². The van der Waals surface area contributed by atoms with E-state index in [0.29, 0.717) is 16.9 Å². The molecule has 0 fully saturated rings. The summed E-state index contributed by atoms with van der Waals surface area (Å²) in [4.78, 5) is 12.7. The highest BCUT2D eigenvalue weighted by Gasteiger charge is 2.20. The third-order valence-corrected chi connectivity index (χ3v) is 5.56.